The van der Waals surface area contributed by atoms with E-state index in [0.717, 1.165) is 16.8 Å². The maximum absolute atomic E-state index is 9.72. The van der Waals surface area contributed by atoms with Crippen LogP contribution in [0.4, 0.5) is 5.13 Å². The van der Waals surface area contributed by atoms with E-state index >= 15 is 0 Å². The Hall–Kier alpha value is -2.86. The molecule has 0 radical (unpaired) electrons. The molecule has 1 heterocycles. The maximum atomic E-state index is 9.72. The summed E-state index contributed by atoms with van der Waals surface area (Å²) < 4.78 is 5.00. The Kier molecular flexibility index (Phi) is 4.54. The minimum absolute atomic E-state index is 0.0806. The summed E-state index contributed by atoms with van der Waals surface area (Å²) in [5.74, 6) is 0.514. The summed E-state index contributed by atoms with van der Waals surface area (Å²) in [6.07, 6.45) is 1.61. The van der Waals surface area contributed by atoms with Crippen LogP contribution in [-0.4, -0.2) is 23.4 Å². The van der Waals surface area contributed by atoms with Gasteiger partial charge in [-0.2, -0.15) is 5.10 Å². The van der Waals surface area contributed by atoms with Crippen LogP contribution in [-0.2, 0) is 0 Å². The fourth-order valence-electron chi connectivity index (χ4n) is 2.02. The van der Waals surface area contributed by atoms with Crippen LogP contribution in [0.2, 0.25) is 0 Å². The number of aromatic nitrogens is 1. The Morgan fingerprint density at radius 1 is 1.22 bits per heavy atom. The highest BCUT2D eigenvalue weighted by molar-refractivity contribution is 7.14. The van der Waals surface area contributed by atoms with E-state index in [0.29, 0.717) is 10.9 Å². The number of ether oxygens (including phenoxy) is 1. The van der Waals surface area contributed by atoms with Crippen molar-refractivity contribution in [2.24, 2.45) is 5.10 Å². The van der Waals surface area contributed by atoms with Crippen LogP contribution in [0.3, 0.4) is 0 Å². The molecule has 6 heteroatoms. The molecule has 0 aliphatic carbocycles. The average molecular weight is 325 g/mol. The van der Waals surface area contributed by atoms with E-state index in [1.807, 2.05) is 35.7 Å². The third-order valence-electron chi connectivity index (χ3n) is 3.15. The van der Waals surface area contributed by atoms with Crippen molar-refractivity contribution in [2.45, 2.75) is 0 Å². The second-order valence-corrected chi connectivity index (χ2v) is 5.56. The van der Waals surface area contributed by atoms with Crippen molar-refractivity contribution in [1.29, 1.82) is 0 Å². The van der Waals surface area contributed by atoms with Gasteiger partial charge < -0.3 is 9.84 Å². The lowest BCUT2D eigenvalue weighted by molar-refractivity contribution is 0.373. The number of methoxy groups -OCH3 is 1. The van der Waals surface area contributed by atoms with Crippen LogP contribution >= 0.6 is 11.3 Å². The summed E-state index contributed by atoms with van der Waals surface area (Å²) in [5.41, 5.74) is 5.64. The van der Waals surface area contributed by atoms with E-state index < -0.39 is 0 Å². The fraction of sp³-hybridized carbons (Fsp3) is 0.0588. The quantitative estimate of drug-likeness (QED) is 0.550. The molecule has 0 saturated carbocycles. The summed E-state index contributed by atoms with van der Waals surface area (Å²) in [7, 11) is 1.51. The molecule has 5 nitrogen and oxygen atoms in total. The number of anilines is 1. The Labute approximate surface area is 137 Å². The van der Waals surface area contributed by atoms with Gasteiger partial charge in [0.1, 0.15) is 0 Å². The number of rotatable bonds is 5. The Bertz CT molecular complexity index is 816. The van der Waals surface area contributed by atoms with Gasteiger partial charge in [0.15, 0.2) is 11.5 Å². The number of aromatic hydroxyl groups is 1. The molecule has 3 rings (SSSR count). The highest BCUT2D eigenvalue weighted by Gasteiger charge is 2.03. The molecule has 2 aromatic carbocycles. The third kappa shape index (κ3) is 3.67. The second-order valence-electron chi connectivity index (χ2n) is 4.71. The van der Waals surface area contributed by atoms with E-state index in [-0.39, 0.29) is 5.75 Å². The summed E-state index contributed by atoms with van der Waals surface area (Å²) in [4.78, 5) is 4.48. The molecular weight excluding hydrogens is 310 g/mol. The summed E-state index contributed by atoms with van der Waals surface area (Å²) >= 11 is 1.48. The Balaban J connectivity index is 1.67. The molecular formula is C17H15N3O2S. The van der Waals surface area contributed by atoms with E-state index in [9.17, 15) is 5.11 Å². The zero-order valence-electron chi connectivity index (χ0n) is 12.4. The number of nitrogens with zero attached hydrogens (tertiary/aromatic N) is 2. The van der Waals surface area contributed by atoms with Crippen molar-refractivity contribution < 1.29 is 9.84 Å². The van der Waals surface area contributed by atoms with Crippen LogP contribution < -0.4 is 10.2 Å². The average Bonchev–Trinajstić information content (AvgIpc) is 3.05. The molecule has 0 atom stereocenters. The molecule has 0 aliphatic heterocycles. The number of nitrogens with one attached hydrogen (secondary N) is 1. The summed E-state index contributed by atoms with van der Waals surface area (Å²) in [6, 6.07) is 15.1. The SMILES string of the molecule is COc1ccc(C=NNc2nc(-c3ccccc3)cs2)cc1O. The number of hydrogen-bond acceptors (Lipinski definition) is 6. The van der Waals surface area contributed by atoms with Crippen molar-refractivity contribution in [3.8, 4) is 22.8 Å². The van der Waals surface area contributed by atoms with Gasteiger partial charge in [0.05, 0.1) is 19.0 Å². The van der Waals surface area contributed by atoms with Gasteiger partial charge in [0.25, 0.3) is 0 Å². The fourth-order valence-corrected chi connectivity index (χ4v) is 2.68. The van der Waals surface area contributed by atoms with Gasteiger partial charge in [-0.15, -0.1) is 11.3 Å². The second kappa shape index (κ2) is 6.93. The van der Waals surface area contributed by atoms with Crippen molar-refractivity contribution in [3.05, 3.63) is 59.5 Å². The van der Waals surface area contributed by atoms with Crippen LogP contribution in [0.15, 0.2) is 59.0 Å². The molecule has 0 amide bonds. The van der Waals surface area contributed by atoms with Gasteiger partial charge in [-0.05, 0) is 23.8 Å². The standard InChI is InChI=1S/C17H15N3O2S/c1-22-16-8-7-12(9-15(16)21)10-18-20-17-19-14(11-23-17)13-5-3-2-4-6-13/h2-11,21H,1H3,(H,19,20). The first-order chi connectivity index (χ1) is 11.3. The molecule has 0 spiro atoms. The highest BCUT2D eigenvalue weighted by atomic mass is 32.1. The van der Waals surface area contributed by atoms with E-state index in [1.165, 1.54) is 18.4 Å². The lowest BCUT2D eigenvalue weighted by Gasteiger charge is -2.02. The number of hydrogen-bond donors (Lipinski definition) is 2. The van der Waals surface area contributed by atoms with Gasteiger partial charge in [-0.25, -0.2) is 4.98 Å². The van der Waals surface area contributed by atoms with Gasteiger partial charge in [0, 0.05) is 10.9 Å². The summed E-state index contributed by atoms with van der Waals surface area (Å²) in [6.45, 7) is 0. The molecule has 0 unspecified atom stereocenters. The Morgan fingerprint density at radius 2 is 2.04 bits per heavy atom. The Morgan fingerprint density at radius 3 is 2.78 bits per heavy atom. The first-order valence-electron chi connectivity index (χ1n) is 6.93. The zero-order valence-corrected chi connectivity index (χ0v) is 13.2. The van der Waals surface area contributed by atoms with E-state index in [1.54, 1.807) is 24.4 Å². The number of benzene rings is 2. The predicted octanol–water partition coefficient (Wildman–Crippen LogP) is 3.97. The van der Waals surface area contributed by atoms with Crippen LogP contribution in [0.25, 0.3) is 11.3 Å². The molecule has 0 fully saturated rings. The van der Waals surface area contributed by atoms with E-state index in [4.69, 9.17) is 4.74 Å². The molecule has 23 heavy (non-hydrogen) atoms. The van der Waals surface area contributed by atoms with E-state index in [2.05, 4.69) is 15.5 Å². The van der Waals surface area contributed by atoms with Crippen molar-refractivity contribution in [3.63, 3.8) is 0 Å². The van der Waals surface area contributed by atoms with Gasteiger partial charge in [0.2, 0.25) is 5.13 Å². The van der Waals surface area contributed by atoms with Crippen LogP contribution in [0.1, 0.15) is 5.56 Å². The third-order valence-corrected chi connectivity index (χ3v) is 3.90. The van der Waals surface area contributed by atoms with Crippen molar-refractivity contribution in [1.82, 2.24) is 4.98 Å². The molecule has 2 N–H and O–H groups in total. The predicted molar refractivity (Wildman–Crippen MR) is 93.4 cm³/mol. The molecule has 0 bridgehead atoms. The smallest absolute Gasteiger partial charge is 0.203 e. The van der Waals surface area contributed by atoms with Crippen LogP contribution in [0, 0.1) is 0 Å². The first kappa shape index (κ1) is 15.1. The topological polar surface area (TPSA) is 66.7 Å². The highest BCUT2D eigenvalue weighted by Crippen LogP contribution is 2.26. The minimum Gasteiger partial charge on any atom is -0.504 e. The normalized spacial score (nSPS) is 10.8. The summed E-state index contributed by atoms with van der Waals surface area (Å²) in [5, 5.41) is 16.5. The van der Waals surface area contributed by atoms with Gasteiger partial charge in [-0.1, -0.05) is 30.3 Å². The zero-order chi connectivity index (χ0) is 16.1. The molecule has 0 saturated heterocycles. The molecule has 0 aliphatic rings. The minimum atomic E-state index is 0.0806. The number of thiazole rings is 1. The molecule has 116 valence electrons. The van der Waals surface area contributed by atoms with Crippen LogP contribution in [0.5, 0.6) is 11.5 Å². The van der Waals surface area contributed by atoms with Gasteiger partial charge >= 0.3 is 0 Å². The lowest BCUT2D eigenvalue weighted by Crippen LogP contribution is -1.91. The molecule has 1 aromatic heterocycles. The van der Waals surface area contributed by atoms with Crippen molar-refractivity contribution in [2.75, 3.05) is 12.5 Å². The van der Waals surface area contributed by atoms with Gasteiger partial charge in [-0.3, -0.25) is 5.43 Å². The lowest BCUT2D eigenvalue weighted by atomic mass is 10.2. The number of hydrazone groups is 1. The monoisotopic (exact) mass is 325 g/mol. The largest absolute Gasteiger partial charge is 0.504 e. The maximum Gasteiger partial charge on any atom is 0.203 e. The van der Waals surface area contributed by atoms with Crippen molar-refractivity contribution >= 4 is 22.7 Å². The molecule has 3 aromatic rings. The number of phenols is 1. The number of phenolic OH excluding ortho intramolecular Hbond substituents is 1. The first-order valence-corrected chi connectivity index (χ1v) is 7.81.